The number of hydrogen-bond donors (Lipinski definition) is 0. The Balaban J connectivity index is 1.44. The summed E-state index contributed by atoms with van der Waals surface area (Å²) >= 11 is 0. The number of piperazine rings is 1. The van der Waals surface area contributed by atoms with Gasteiger partial charge in [-0.3, -0.25) is 9.47 Å². The van der Waals surface area contributed by atoms with Crippen molar-refractivity contribution in [3.8, 4) is 5.95 Å². The van der Waals surface area contributed by atoms with Gasteiger partial charge in [0.05, 0.1) is 0 Å². The summed E-state index contributed by atoms with van der Waals surface area (Å²) in [7, 11) is 0. The maximum atomic E-state index is 4.61. The maximum Gasteiger partial charge on any atom is 0.234 e. The molecule has 0 aliphatic carbocycles. The number of nitrogens with zero attached hydrogens (tertiary/aromatic N) is 5. The summed E-state index contributed by atoms with van der Waals surface area (Å²) in [4.78, 5) is 14.2. The van der Waals surface area contributed by atoms with Crippen LogP contribution in [0.15, 0.2) is 54.7 Å². The van der Waals surface area contributed by atoms with Gasteiger partial charge in [-0.2, -0.15) is 0 Å². The molecule has 134 valence electrons. The second-order valence-corrected chi connectivity index (χ2v) is 6.92. The first-order valence-electron chi connectivity index (χ1n) is 9.20. The monoisotopic (exact) mass is 347 g/mol. The summed E-state index contributed by atoms with van der Waals surface area (Å²) in [5.41, 5.74) is 4.56. The summed E-state index contributed by atoms with van der Waals surface area (Å²) < 4.78 is 2.11. The first-order valence-corrected chi connectivity index (χ1v) is 9.20. The largest absolute Gasteiger partial charge is 0.369 e. The van der Waals surface area contributed by atoms with Crippen LogP contribution in [0.2, 0.25) is 0 Å². The van der Waals surface area contributed by atoms with Gasteiger partial charge >= 0.3 is 0 Å². The number of anilines is 1. The number of benzene rings is 1. The summed E-state index contributed by atoms with van der Waals surface area (Å²) in [6, 6.07) is 16.9. The fourth-order valence-electron chi connectivity index (χ4n) is 3.59. The molecule has 0 radical (unpaired) electrons. The number of aromatic nitrogens is 3. The number of hydrogen-bond acceptors (Lipinski definition) is 4. The Morgan fingerprint density at radius 1 is 0.846 bits per heavy atom. The minimum absolute atomic E-state index is 0.769. The Hall–Kier alpha value is -2.66. The lowest BCUT2D eigenvalue weighted by atomic mass is 10.2. The molecular weight excluding hydrogens is 322 g/mol. The highest BCUT2D eigenvalue weighted by atomic mass is 15.3. The van der Waals surface area contributed by atoms with Crippen molar-refractivity contribution in [3.05, 3.63) is 71.8 Å². The SMILES string of the molecule is Cc1cc(C)nc(-n2cccc2CN2CCN(c3ccccc3)CC2)n1. The third-order valence-corrected chi connectivity index (χ3v) is 4.90. The summed E-state index contributed by atoms with van der Waals surface area (Å²) in [6.45, 7) is 9.21. The highest BCUT2D eigenvalue weighted by molar-refractivity contribution is 5.46. The van der Waals surface area contributed by atoms with E-state index in [0.717, 1.165) is 50.1 Å². The van der Waals surface area contributed by atoms with Crippen LogP contribution in [0.5, 0.6) is 0 Å². The molecule has 3 heterocycles. The molecule has 1 saturated heterocycles. The molecule has 0 saturated carbocycles. The summed E-state index contributed by atoms with van der Waals surface area (Å²) in [5, 5.41) is 0. The topological polar surface area (TPSA) is 37.2 Å². The fourth-order valence-corrected chi connectivity index (χ4v) is 3.59. The van der Waals surface area contributed by atoms with Gasteiger partial charge in [0.25, 0.3) is 0 Å². The predicted molar refractivity (Wildman–Crippen MR) is 105 cm³/mol. The fraction of sp³-hybridized carbons (Fsp3) is 0.333. The average Bonchev–Trinajstić information content (AvgIpc) is 3.10. The Morgan fingerprint density at radius 3 is 2.23 bits per heavy atom. The zero-order chi connectivity index (χ0) is 17.9. The second-order valence-electron chi connectivity index (χ2n) is 6.92. The van der Waals surface area contributed by atoms with Gasteiger partial charge in [0.2, 0.25) is 5.95 Å². The van der Waals surface area contributed by atoms with E-state index in [0.29, 0.717) is 0 Å². The van der Waals surface area contributed by atoms with Crippen molar-refractivity contribution in [2.24, 2.45) is 0 Å². The van der Waals surface area contributed by atoms with E-state index in [9.17, 15) is 0 Å². The van der Waals surface area contributed by atoms with E-state index in [4.69, 9.17) is 0 Å². The lowest BCUT2D eigenvalue weighted by Crippen LogP contribution is -2.46. The molecule has 0 N–H and O–H groups in total. The van der Waals surface area contributed by atoms with Crippen LogP contribution in [0.25, 0.3) is 5.95 Å². The first kappa shape index (κ1) is 16.8. The van der Waals surface area contributed by atoms with Crippen LogP contribution in [-0.4, -0.2) is 45.6 Å². The molecule has 5 heteroatoms. The maximum absolute atomic E-state index is 4.61. The molecule has 26 heavy (non-hydrogen) atoms. The van der Waals surface area contributed by atoms with E-state index in [1.807, 2.05) is 19.9 Å². The van der Waals surface area contributed by atoms with Crippen molar-refractivity contribution in [1.29, 1.82) is 0 Å². The number of aryl methyl sites for hydroxylation is 2. The molecule has 5 nitrogen and oxygen atoms in total. The van der Waals surface area contributed by atoms with Crippen molar-refractivity contribution >= 4 is 5.69 Å². The van der Waals surface area contributed by atoms with Gasteiger partial charge in [0.15, 0.2) is 0 Å². The van der Waals surface area contributed by atoms with Gasteiger partial charge < -0.3 is 4.90 Å². The normalized spacial score (nSPS) is 15.4. The Morgan fingerprint density at radius 2 is 1.54 bits per heavy atom. The van der Waals surface area contributed by atoms with Gasteiger partial charge in [-0.05, 0) is 44.2 Å². The van der Waals surface area contributed by atoms with Gasteiger partial charge in [-0.15, -0.1) is 0 Å². The van der Waals surface area contributed by atoms with E-state index in [2.05, 4.69) is 73.0 Å². The zero-order valence-corrected chi connectivity index (χ0v) is 15.5. The van der Waals surface area contributed by atoms with Crippen molar-refractivity contribution in [2.45, 2.75) is 20.4 Å². The van der Waals surface area contributed by atoms with Crippen molar-refractivity contribution < 1.29 is 0 Å². The highest BCUT2D eigenvalue weighted by Crippen LogP contribution is 2.18. The van der Waals surface area contributed by atoms with E-state index in [-0.39, 0.29) is 0 Å². The smallest absolute Gasteiger partial charge is 0.234 e. The molecule has 0 unspecified atom stereocenters. The quantitative estimate of drug-likeness (QED) is 0.726. The molecule has 0 spiro atoms. The van der Waals surface area contributed by atoms with E-state index in [1.165, 1.54) is 11.4 Å². The standard InChI is InChI=1S/C21H25N5/c1-17-15-18(2)23-21(22-17)26-10-6-9-20(26)16-24-11-13-25(14-12-24)19-7-4-3-5-8-19/h3-10,15H,11-14,16H2,1-2H3. The van der Waals surface area contributed by atoms with Gasteiger partial charge in [0.1, 0.15) is 0 Å². The number of para-hydroxylation sites is 1. The minimum Gasteiger partial charge on any atom is -0.369 e. The predicted octanol–water partition coefficient (Wildman–Crippen LogP) is 3.21. The zero-order valence-electron chi connectivity index (χ0n) is 15.5. The van der Waals surface area contributed by atoms with Gasteiger partial charge in [-0.25, -0.2) is 9.97 Å². The lowest BCUT2D eigenvalue weighted by Gasteiger charge is -2.36. The van der Waals surface area contributed by atoms with Crippen LogP contribution < -0.4 is 4.90 Å². The molecule has 1 aliphatic rings. The van der Waals surface area contributed by atoms with Gasteiger partial charge in [0, 0.05) is 61.7 Å². The number of rotatable bonds is 4. The second kappa shape index (κ2) is 7.30. The van der Waals surface area contributed by atoms with Crippen molar-refractivity contribution in [3.63, 3.8) is 0 Å². The molecule has 1 aromatic carbocycles. The molecule has 2 aromatic heterocycles. The third kappa shape index (κ3) is 3.63. The Labute approximate surface area is 154 Å². The minimum atomic E-state index is 0.769. The summed E-state index contributed by atoms with van der Waals surface area (Å²) in [5.74, 6) is 0.769. The van der Waals surface area contributed by atoms with E-state index in [1.54, 1.807) is 0 Å². The van der Waals surface area contributed by atoms with E-state index >= 15 is 0 Å². The van der Waals surface area contributed by atoms with Crippen molar-refractivity contribution in [1.82, 2.24) is 19.4 Å². The van der Waals surface area contributed by atoms with Crippen LogP contribution in [0, 0.1) is 13.8 Å². The van der Waals surface area contributed by atoms with Crippen LogP contribution in [-0.2, 0) is 6.54 Å². The molecular formula is C21H25N5. The average molecular weight is 347 g/mol. The molecule has 4 rings (SSSR count). The third-order valence-electron chi connectivity index (χ3n) is 4.90. The van der Waals surface area contributed by atoms with Crippen LogP contribution in [0.3, 0.4) is 0 Å². The molecule has 0 amide bonds. The molecule has 1 aliphatic heterocycles. The van der Waals surface area contributed by atoms with E-state index < -0.39 is 0 Å². The van der Waals surface area contributed by atoms with Crippen LogP contribution in [0.1, 0.15) is 17.1 Å². The molecule has 0 atom stereocenters. The molecule has 0 bridgehead atoms. The lowest BCUT2D eigenvalue weighted by molar-refractivity contribution is 0.245. The molecule has 3 aromatic rings. The van der Waals surface area contributed by atoms with Crippen LogP contribution in [0.4, 0.5) is 5.69 Å². The highest BCUT2D eigenvalue weighted by Gasteiger charge is 2.18. The molecule has 1 fully saturated rings. The van der Waals surface area contributed by atoms with Crippen molar-refractivity contribution in [2.75, 3.05) is 31.1 Å². The Bertz CT molecular complexity index is 843. The summed E-state index contributed by atoms with van der Waals surface area (Å²) in [6.07, 6.45) is 2.06. The van der Waals surface area contributed by atoms with Gasteiger partial charge in [-0.1, -0.05) is 18.2 Å². The first-order chi connectivity index (χ1) is 12.7. The Kier molecular flexibility index (Phi) is 4.71. The van der Waals surface area contributed by atoms with Crippen LogP contribution >= 0.6 is 0 Å².